The fourth-order valence-electron chi connectivity index (χ4n) is 2.29. The van der Waals surface area contributed by atoms with Crippen LogP contribution in [0.4, 0.5) is 0 Å². The molecule has 1 aromatic heterocycles. The Balaban J connectivity index is 2.08. The molecule has 1 aliphatic heterocycles. The van der Waals surface area contributed by atoms with Gasteiger partial charge in [-0.2, -0.15) is 13.6 Å². The second kappa shape index (κ2) is 9.12. The number of hydrogen-bond acceptors (Lipinski definition) is 12. The standard InChI is InChI=1S/C10H16N3O14P3/c1-5-2-3-13(10(16)11-5)9-8(15)7(14)6(25-9)4-24-30(22,23)27-28(18,12-17)26-29(19,20)21/h2-3,6-9,14-15H,4H2,1H3,(H,22,23)(H2,19,20,21)/t6-,7-,8-,9-,28?/m1/s1. The first-order chi connectivity index (χ1) is 13.7. The van der Waals surface area contributed by atoms with Crippen molar-refractivity contribution in [2.24, 2.45) is 4.95 Å². The van der Waals surface area contributed by atoms with E-state index in [4.69, 9.17) is 14.5 Å². The molecule has 1 aliphatic rings. The lowest BCUT2D eigenvalue weighted by atomic mass is 10.1. The van der Waals surface area contributed by atoms with E-state index in [1.54, 1.807) is 4.95 Å². The van der Waals surface area contributed by atoms with Gasteiger partial charge in [0.15, 0.2) is 6.23 Å². The molecule has 0 saturated carbocycles. The number of ether oxygens (including phenoxy) is 1. The number of hydrogen-bond donors (Lipinski definition) is 5. The number of aliphatic hydroxyl groups excluding tert-OH is 2. The number of nitrogens with zero attached hydrogens (tertiary/aromatic N) is 3. The maximum Gasteiger partial charge on any atom is 0.507 e. The molecule has 0 aromatic carbocycles. The second-order valence-electron chi connectivity index (χ2n) is 5.77. The van der Waals surface area contributed by atoms with Gasteiger partial charge < -0.3 is 29.6 Å². The van der Waals surface area contributed by atoms with Gasteiger partial charge >= 0.3 is 29.1 Å². The molecule has 20 heteroatoms. The van der Waals surface area contributed by atoms with Crippen LogP contribution in [0.25, 0.3) is 0 Å². The molecule has 0 bridgehead atoms. The van der Waals surface area contributed by atoms with Crippen LogP contribution in [0.1, 0.15) is 11.9 Å². The summed E-state index contributed by atoms with van der Waals surface area (Å²) in [5, 5.41) is 20.1. The van der Waals surface area contributed by atoms with Gasteiger partial charge in [0.25, 0.3) is 0 Å². The Kier molecular flexibility index (Phi) is 7.62. The van der Waals surface area contributed by atoms with E-state index in [1.165, 1.54) is 19.2 Å². The fraction of sp³-hybridized carbons (Fsp3) is 0.600. The molecule has 17 nitrogen and oxygen atoms in total. The number of phosphoric ester groups is 1. The topological polar surface area (TPSA) is 254 Å². The third-order valence-corrected chi connectivity index (χ3v) is 7.50. The Labute approximate surface area is 166 Å². The average molecular weight is 495 g/mol. The van der Waals surface area contributed by atoms with Crippen LogP contribution in [0.2, 0.25) is 0 Å². The summed E-state index contributed by atoms with van der Waals surface area (Å²) in [6.07, 6.45) is -5.20. The van der Waals surface area contributed by atoms with Crippen molar-refractivity contribution in [1.82, 2.24) is 9.55 Å². The number of aryl methyl sites for hydroxylation is 1. The van der Waals surface area contributed by atoms with Crippen molar-refractivity contribution in [3.63, 3.8) is 0 Å². The van der Waals surface area contributed by atoms with Crippen LogP contribution in [-0.2, 0) is 31.6 Å². The lowest BCUT2D eigenvalue weighted by Gasteiger charge is -2.18. The molecule has 2 unspecified atom stereocenters. The summed E-state index contributed by atoms with van der Waals surface area (Å²) < 4.78 is 51.8. The third kappa shape index (κ3) is 6.40. The number of aliphatic hydroxyl groups is 2. The van der Waals surface area contributed by atoms with Crippen molar-refractivity contribution < 1.29 is 56.5 Å². The predicted octanol–water partition coefficient (Wildman–Crippen LogP) is -0.712. The van der Waals surface area contributed by atoms with Gasteiger partial charge in [-0.05, 0) is 13.0 Å². The molecule has 1 aromatic rings. The summed E-state index contributed by atoms with van der Waals surface area (Å²) in [7, 11) is -16.7. The number of nitroso groups, excluding NO2 is 1. The van der Waals surface area contributed by atoms with Crippen molar-refractivity contribution in [1.29, 1.82) is 0 Å². The smallest absolute Gasteiger partial charge is 0.387 e. The highest BCUT2D eigenvalue weighted by atomic mass is 31.3. The largest absolute Gasteiger partial charge is 0.507 e. The van der Waals surface area contributed by atoms with E-state index in [0.29, 0.717) is 5.69 Å². The Hall–Kier alpha value is -1.19. The maximum absolute atomic E-state index is 11.9. The number of aromatic nitrogens is 2. The molecule has 30 heavy (non-hydrogen) atoms. The molecule has 2 heterocycles. The SMILES string of the molecule is Cc1ccn([C@@H]2O[C@H](COP(=O)(O)OP(=O)(N=O)OP(=O)(O)O)[C@@H](O)[C@H]2O)c(=O)n1. The Bertz CT molecular complexity index is 992. The van der Waals surface area contributed by atoms with Crippen molar-refractivity contribution in [3.05, 3.63) is 33.3 Å². The van der Waals surface area contributed by atoms with Gasteiger partial charge in [0, 0.05) is 16.8 Å². The van der Waals surface area contributed by atoms with Crippen LogP contribution >= 0.6 is 23.4 Å². The monoisotopic (exact) mass is 495 g/mol. The first kappa shape index (κ1) is 25.1. The number of phosphoric acid groups is 2. The molecule has 0 amide bonds. The Morgan fingerprint density at radius 3 is 2.37 bits per heavy atom. The van der Waals surface area contributed by atoms with Crippen LogP contribution in [0.3, 0.4) is 0 Å². The summed E-state index contributed by atoms with van der Waals surface area (Å²) in [5.74, 6) is 0. The maximum atomic E-state index is 11.9. The highest BCUT2D eigenvalue weighted by Crippen LogP contribution is 2.69. The van der Waals surface area contributed by atoms with E-state index >= 15 is 0 Å². The normalized spacial score (nSPS) is 28.6. The van der Waals surface area contributed by atoms with E-state index < -0.39 is 60.2 Å². The van der Waals surface area contributed by atoms with Crippen molar-refractivity contribution in [3.8, 4) is 0 Å². The predicted molar refractivity (Wildman–Crippen MR) is 92.6 cm³/mol. The van der Waals surface area contributed by atoms with Gasteiger partial charge in [-0.25, -0.2) is 18.5 Å². The lowest BCUT2D eigenvalue weighted by molar-refractivity contribution is -0.0540. The molecule has 5 N–H and O–H groups in total. The molecule has 2 rings (SSSR count). The molecule has 0 spiro atoms. The van der Waals surface area contributed by atoms with E-state index in [1.807, 2.05) is 0 Å². The molecular weight excluding hydrogens is 479 g/mol. The summed E-state index contributed by atoms with van der Waals surface area (Å²) in [4.78, 5) is 54.2. The minimum absolute atomic E-state index is 0.369. The van der Waals surface area contributed by atoms with Crippen molar-refractivity contribution in [2.45, 2.75) is 31.5 Å². The summed E-state index contributed by atoms with van der Waals surface area (Å²) in [6, 6.07) is 1.41. The van der Waals surface area contributed by atoms with E-state index in [0.717, 1.165) is 4.57 Å². The van der Waals surface area contributed by atoms with Crippen LogP contribution < -0.4 is 5.69 Å². The molecule has 6 atom stereocenters. The highest BCUT2D eigenvalue weighted by Gasteiger charge is 2.47. The van der Waals surface area contributed by atoms with Crippen LogP contribution in [0, 0.1) is 11.8 Å². The quantitative estimate of drug-likeness (QED) is 0.209. The third-order valence-electron chi connectivity index (χ3n) is 3.50. The van der Waals surface area contributed by atoms with Crippen LogP contribution in [0.15, 0.2) is 22.0 Å². The van der Waals surface area contributed by atoms with Crippen LogP contribution in [-0.4, -0.2) is 59.4 Å². The molecule has 1 fully saturated rings. The molecule has 170 valence electrons. The van der Waals surface area contributed by atoms with Crippen LogP contribution in [0.5, 0.6) is 0 Å². The van der Waals surface area contributed by atoms with Gasteiger partial charge in [0.05, 0.1) is 6.61 Å². The minimum atomic E-state index is -5.64. The van der Waals surface area contributed by atoms with E-state index in [2.05, 4.69) is 18.1 Å². The van der Waals surface area contributed by atoms with Crippen molar-refractivity contribution >= 4 is 23.4 Å². The molecule has 0 radical (unpaired) electrons. The Morgan fingerprint density at radius 2 is 1.83 bits per heavy atom. The molecule has 0 aliphatic carbocycles. The van der Waals surface area contributed by atoms with E-state index in [9.17, 15) is 38.5 Å². The summed E-state index contributed by atoms with van der Waals surface area (Å²) in [6.45, 7) is 0.510. The minimum Gasteiger partial charge on any atom is -0.387 e. The van der Waals surface area contributed by atoms with Crippen molar-refractivity contribution in [2.75, 3.05) is 6.61 Å². The zero-order valence-electron chi connectivity index (χ0n) is 14.8. The lowest BCUT2D eigenvalue weighted by Crippen LogP contribution is -2.36. The summed E-state index contributed by atoms with van der Waals surface area (Å²) in [5.41, 5.74) is -0.454. The fourth-order valence-corrected chi connectivity index (χ4v) is 5.56. The Morgan fingerprint density at radius 1 is 1.20 bits per heavy atom. The first-order valence-electron chi connectivity index (χ1n) is 7.64. The highest BCUT2D eigenvalue weighted by molar-refractivity contribution is 7.68. The van der Waals surface area contributed by atoms with Gasteiger partial charge in [-0.1, -0.05) is 0 Å². The molecule has 1 saturated heterocycles. The first-order valence-corrected chi connectivity index (χ1v) is 12.2. The van der Waals surface area contributed by atoms with E-state index in [-0.39, 0.29) is 0 Å². The van der Waals surface area contributed by atoms with Gasteiger partial charge in [0.1, 0.15) is 18.3 Å². The summed E-state index contributed by atoms with van der Waals surface area (Å²) >= 11 is 0. The zero-order chi connectivity index (χ0) is 22.9. The average Bonchev–Trinajstić information content (AvgIpc) is 2.86. The zero-order valence-corrected chi connectivity index (χ0v) is 17.4. The van der Waals surface area contributed by atoms with Gasteiger partial charge in [-0.15, -0.1) is 4.91 Å². The van der Waals surface area contributed by atoms with Gasteiger partial charge in [0.2, 0.25) is 0 Å². The second-order valence-corrected chi connectivity index (χ2v) is 10.4. The van der Waals surface area contributed by atoms with Gasteiger partial charge in [-0.3, -0.25) is 9.09 Å². The number of rotatable bonds is 9. The molecular formula is C10H16N3O14P3.